The van der Waals surface area contributed by atoms with Crippen LogP contribution in [-0.4, -0.2) is 37.8 Å². The molecule has 63 heavy (non-hydrogen) atoms. The predicted molar refractivity (Wildman–Crippen MR) is 261 cm³/mol. The van der Waals surface area contributed by atoms with Gasteiger partial charge in [-0.05, 0) is 77.7 Å². The number of benzene rings is 4. The van der Waals surface area contributed by atoms with Crippen molar-refractivity contribution < 1.29 is 24.5 Å². The zero-order valence-electron chi connectivity index (χ0n) is 38.6. The van der Waals surface area contributed by atoms with Gasteiger partial charge in [-0.25, -0.2) is 0 Å². The summed E-state index contributed by atoms with van der Waals surface area (Å²) < 4.78 is 9.96. The number of aryl methyl sites for hydroxylation is 2. The van der Waals surface area contributed by atoms with E-state index in [1.165, 1.54) is 21.1 Å². The van der Waals surface area contributed by atoms with Gasteiger partial charge in [-0.3, -0.25) is 9.97 Å². The second kappa shape index (κ2) is 18.1. The number of imidazole rings is 1. The molecule has 5 heterocycles. The average molecular weight is 1070 g/mol. The third kappa shape index (κ3) is 9.38. The number of hydrogen-bond acceptors (Lipinski definition) is 5. The van der Waals surface area contributed by atoms with Crippen LogP contribution >= 0.6 is 0 Å². The summed E-state index contributed by atoms with van der Waals surface area (Å²) in [5, 5.41) is 1.99. The predicted octanol–water partition coefficient (Wildman–Crippen LogP) is 14.1. The van der Waals surface area contributed by atoms with Gasteiger partial charge in [0.05, 0.1) is 22.6 Å². The van der Waals surface area contributed by atoms with Crippen LogP contribution in [0, 0.1) is 26.1 Å². The molecule has 0 aliphatic carbocycles. The molecule has 9 rings (SSSR count). The van der Waals surface area contributed by atoms with Crippen LogP contribution in [0.2, 0.25) is 17.3 Å². The van der Waals surface area contributed by atoms with Crippen molar-refractivity contribution in [1.82, 2.24) is 24.5 Å². The van der Waals surface area contributed by atoms with Gasteiger partial charge in [-0.2, -0.15) is 0 Å². The summed E-state index contributed by atoms with van der Waals surface area (Å²) in [5.41, 5.74) is 15.4. The number of furan rings is 1. The number of hydrogen-bond donors (Lipinski definition) is 0. The fourth-order valence-corrected chi connectivity index (χ4v) is 11.8. The summed E-state index contributed by atoms with van der Waals surface area (Å²) in [5.74, 6) is 9.02. The van der Waals surface area contributed by atoms with Crippen molar-refractivity contribution in [1.29, 1.82) is 0 Å². The van der Waals surface area contributed by atoms with Crippen molar-refractivity contribution in [2.45, 2.75) is 96.8 Å². The quantitative estimate of drug-likeness (QED) is 0.117. The second-order valence-corrected chi connectivity index (χ2v) is 29.8. The van der Waals surface area contributed by atoms with E-state index in [4.69, 9.17) is 14.4 Å². The van der Waals surface area contributed by atoms with Gasteiger partial charge in [-0.15, -0.1) is 6.07 Å². The Balaban J connectivity index is 0.000000251. The van der Waals surface area contributed by atoms with Crippen molar-refractivity contribution in [3.8, 4) is 39.5 Å². The van der Waals surface area contributed by atoms with Crippen molar-refractivity contribution in [2.75, 3.05) is 0 Å². The molecule has 0 amide bonds. The van der Waals surface area contributed by atoms with Crippen LogP contribution in [0.5, 0.6) is 0 Å². The van der Waals surface area contributed by atoms with Crippen LogP contribution in [0.3, 0.4) is 0 Å². The average Bonchev–Trinajstić information content (AvgIpc) is 3.81. The van der Waals surface area contributed by atoms with Crippen LogP contribution in [0.4, 0.5) is 0 Å². The van der Waals surface area contributed by atoms with E-state index in [0.717, 1.165) is 78.2 Å². The van der Waals surface area contributed by atoms with Crippen LogP contribution < -0.4 is 4.40 Å². The molecular formula is C55H57GeIrN5O-2. The van der Waals surface area contributed by atoms with Crippen molar-refractivity contribution in [2.24, 2.45) is 0 Å². The molecule has 0 unspecified atom stereocenters. The first-order valence-electron chi connectivity index (χ1n) is 21.8. The van der Waals surface area contributed by atoms with Gasteiger partial charge >= 0.3 is 119 Å². The van der Waals surface area contributed by atoms with Gasteiger partial charge in [0.2, 0.25) is 0 Å². The Morgan fingerprint density at radius 3 is 2.16 bits per heavy atom. The molecule has 0 spiro atoms. The van der Waals surface area contributed by atoms with Gasteiger partial charge < -0.3 is 14.0 Å². The Bertz CT molecular complexity index is 3060. The summed E-state index contributed by atoms with van der Waals surface area (Å²) in [6.45, 7) is 19.7. The zero-order chi connectivity index (χ0) is 44.1. The fraction of sp³-hybridized carbons (Fsp3) is 0.273. The summed E-state index contributed by atoms with van der Waals surface area (Å²) in [6.07, 6.45) is 5.40. The minimum absolute atomic E-state index is 0. The van der Waals surface area contributed by atoms with Gasteiger partial charge in [0.1, 0.15) is 11.3 Å². The number of aromatic nitrogens is 5. The summed E-state index contributed by atoms with van der Waals surface area (Å²) >= 11 is -1.85. The van der Waals surface area contributed by atoms with Crippen molar-refractivity contribution in [3.05, 3.63) is 156 Å². The van der Waals surface area contributed by atoms with E-state index in [0.29, 0.717) is 17.5 Å². The maximum Gasteiger partial charge on any atom is 0.141 e. The third-order valence-electron chi connectivity index (χ3n) is 11.7. The Labute approximate surface area is 389 Å². The van der Waals surface area contributed by atoms with E-state index >= 15 is 0 Å². The minimum atomic E-state index is -1.85. The molecular weight excluding hydrogens is 1010 g/mol. The van der Waals surface area contributed by atoms with E-state index < -0.39 is 13.3 Å². The Morgan fingerprint density at radius 1 is 0.746 bits per heavy atom. The standard InChI is InChI=1S/C38H35N4O.C17H22GeN.Ir/c1-22(2)26-13-15-29-31-18-27(21-39-37(31)43-34(29)19-26)36-41-35-24(4)40-23(3)17-33(35)42(36)32-16-14-28(38(5,6)7)20-30(32)25-11-9-8-10-12-25;1-13(2)15-11-17(14-9-7-6-8-10-14)19-12-16(15)18(3,4)5;/h8-20,22H,1-7H3;6-9,11-13H,1-5H3;/q2*-1;. The van der Waals surface area contributed by atoms with Gasteiger partial charge in [-0.1, -0.05) is 88.7 Å². The van der Waals surface area contributed by atoms with E-state index in [1.54, 1.807) is 0 Å². The number of pyridine rings is 3. The molecule has 0 aliphatic rings. The molecule has 5 aromatic heterocycles. The smallest absolute Gasteiger partial charge is 0.141 e. The summed E-state index contributed by atoms with van der Waals surface area (Å²) in [7, 11) is 0. The molecule has 1 radical (unpaired) electrons. The molecule has 8 heteroatoms. The molecule has 6 nitrogen and oxygen atoms in total. The first-order valence-corrected chi connectivity index (χ1v) is 29.1. The largest absolute Gasteiger partial charge is 0.483 e. The van der Waals surface area contributed by atoms with Crippen molar-refractivity contribution >= 4 is 50.8 Å². The number of rotatable bonds is 7. The first kappa shape index (κ1) is 45.8. The molecule has 4 aromatic carbocycles. The molecule has 0 aliphatic heterocycles. The summed E-state index contributed by atoms with van der Waals surface area (Å²) in [4.78, 5) is 19.3. The molecule has 0 saturated heterocycles. The van der Waals surface area contributed by atoms with E-state index in [-0.39, 0.29) is 25.5 Å². The molecule has 0 bridgehead atoms. The van der Waals surface area contributed by atoms with Gasteiger partial charge in [0, 0.05) is 42.4 Å². The molecule has 0 atom stereocenters. The Morgan fingerprint density at radius 2 is 1.49 bits per heavy atom. The molecule has 323 valence electrons. The Hall–Kier alpha value is -5.21. The SMILES string of the molecule is CC(C)c1cc(-c2[c-]cccc2)nc[c]1[Ge]([CH3])([CH3])[CH3].Cc1cc2c(nc(-c3[c-]nc4oc5cc(C(C)C)ccc5c4c3)n2-c2ccc(C(C)(C)C)cc2-c2ccccc2)c(C)n1.[Ir]. The van der Waals surface area contributed by atoms with Gasteiger partial charge in [0.25, 0.3) is 0 Å². The monoisotopic (exact) mass is 1070 g/mol. The molecule has 0 fully saturated rings. The second-order valence-electron chi connectivity index (χ2n) is 19.2. The van der Waals surface area contributed by atoms with Crippen LogP contribution in [0.25, 0.3) is 72.6 Å². The Kier molecular flexibility index (Phi) is 13.2. The molecule has 9 aromatic rings. The minimum Gasteiger partial charge on any atom is -0.483 e. The van der Waals surface area contributed by atoms with E-state index in [9.17, 15) is 0 Å². The molecule has 0 N–H and O–H groups in total. The maximum atomic E-state index is 6.19. The normalized spacial score (nSPS) is 12.0. The van der Waals surface area contributed by atoms with Gasteiger partial charge in [0.15, 0.2) is 0 Å². The number of nitrogens with zero attached hydrogens (tertiary/aromatic N) is 5. The maximum absolute atomic E-state index is 6.19. The van der Waals surface area contributed by atoms with Crippen LogP contribution in [0.15, 0.2) is 120 Å². The van der Waals surface area contributed by atoms with E-state index in [1.807, 2.05) is 32.0 Å². The third-order valence-corrected chi connectivity index (χ3v) is 16.0. The van der Waals surface area contributed by atoms with Crippen LogP contribution in [-0.2, 0) is 25.5 Å². The topological polar surface area (TPSA) is 69.6 Å². The fourth-order valence-electron chi connectivity index (χ4n) is 8.23. The zero-order valence-corrected chi connectivity index (χ0v) is 43.1. The first-order chi connectivity index (χ1) is 29.5. The van der Waals surface area contributed by atoms with Crippen LogP contribution in [0.1, 0.15) is 88.4 Å². The summed E-state index contributed by atoms with van der Waals surface area (Å²) in [6, 6.07) is 41.6. The van der Waals surface area contributed by atoms with E-state index in [2.05, 4.69) is 190 Å². The molecule has 0 saturated carbocycles. The number of fused-ring (bicyclic) bond motifs is 4. The van der Waals surface area contributed by atoms with Crippen molar-refractivity contribution in [3.63, 3.8) is 0 Å².